The Morgan fingerprint density at radius 1 is 1.18 bits per heavy atom. The molecule has 11 heavy (non-hydrogen) atoms. The molecule has 0 aromatic heterocycles. The van der Waals surface area contributed by atoms with E-state index in [0.717, 1.165) is 5.75 Å². The van der Waals surface area contributed by atoms with Gasteiger partial charge in [0.1, 0.15) is 11.6 Å². The summed E-state index contributed by atoms with van der Waals surface area (Å²) in [4.78, 5) is 0. The smallest absolute Gasteiger partial charge is 0.132 e. The van der Waals surface area contributed by atoms with Crippen molar-refractivity contribution in [2.24, 2.45) is 0 Å². The minimum Gasteiger partial charge on any atom is -0.207 e. The standard InChI is InChI=1S/C9H12FS/c1-11(2)7-8-3-5-9(10)6-4-8/h3-6H,7H2,1-2H3/q+1. The van der Waals surface area contributed by atoms with Crippen LogP contribution in [-0.4, -0.2) is 12.5 Å². The summed E-state index contributed by atoms with van der Waals surface area (Å²) in [6.45, 7) is 0. The molecule has 0 aliphatic rings. The van der Waals surface area contributed by atoms with Crippen molar-refractivity contribution in [3.63, 3.8) is 0 Å². The molecule has 0 saturated heterocycles. The van der Waals surface area contributed by atoms with E-state index in [1.807, 2.05) is 12.1 Å². The quantitative estimate of drug-likeness (QED) is 0.598. The minimum absolute atomic E-state index is 0.152. The summed E-state index contributed by atoms with van der Waals surface area (Å²) >= 11 is 0. The zero-order valence-electron chi connectivity index (χ0n) is 6.80. The molecule has 0 atom stereocenters. The molecule has 0 heterocycles. The van der Waals surface area contributed by atoms with Gasteiger partial charge < -0.3 is 0 Å². The number of hydrogen-bond acceptors (Lipinski definition) is 0. The van der Waals surface area contributed by atoms with Crippen LogP contribution in [0.5, 0.6) is 0 Å². The van der Waals surface area contributed by atoms with E-state index in [2.05, 4.69) is 12.5 Å². The molecule has 0 spiro atoms. The molecule has 0 aliphatic carbocycles. The van der Waals surface area contributed by atoms with Crippen LogP contribution in [0.3, 0.4) is 0 Å². The highest BCUT2D eigenvalue weighted by molar-refractivity contribution is 7.94. The van der Waals surface area contributed by atoms with E-state index in [1.165, 1.54) is 17.7 Å². The van der Waals surface area contributed by atoms with Gasteiger partial charge in [-0.05, 0) is 23.0 Å². The Kier molecular flexibility index (Phi) is 2.94. The Labute approximate surface area is 69.8 Å². The Morgan fingerprint density at radius 2 is 1.73 bits per heavy atom. The number of halogens is 1. The van der Waals surface area contributed by atoms with Crippen molar-refractivity contribution in [2.75, 3.05) is 12.5 Å². The topological polar surface area (TPSA) is 0 Å². The zero-order chi connectivity index (χ0) is 8.27. The third-order valence-corrected chi connectivity index (χ3v) is 2.28. The first kappa shape index (κ1) is 8.60. The van der Waals surface area contributed by atoms with Crippen molar-refractivity contribution < 1.29 is 4.39 Å². The average Bonchev–Trinajstić information content (AvgIpc) is 1.93. The lowest BCUT2D eigenvalue weighted by atomic mass is 10.2. The van der Waals surface area contributed by atoms with Gasteiger partial charge in [-0.2, -0.15) is 0 Å². The third kappa shape index (κ3) is 2.93. The fraction of sp³-hybridized carbons (Fsp3) is 0.333. The average molecular weight is 171 g/mol. The van der Waals surface area contributed by atoms with Crippen LogP contribution >= 0.6 is 0 Å². The highest BCUT2D eigenvalue weighted by atomic mass is 32.2. The molecule has 0 amide bonds. The van der Waals surface area contributed by atoms with Crippen LogP contribution in [0.1, 0.15) is 5.56 Å². The van der Waals surface area contributed by atoms with Crippen LogP contribution in [0, 0.1) is 5.82 Å². The number of benzene rings is 1. The first-order chi connectivity index (χ1) is 5.18. The van der Waals surface area contributed by atoms with Crippen molar-refractivity contribution in [1.82, 2.24) is 0 Å². The van der Waals surface area contributed by atoms with Crippen LogP contribution in [0.25, 0.3) is 0 Å². The Morgan fingerprint density at radius 3 is 2.18 bits per heavy atom. The van der Waals surface area contributed by atoms with Gasteiger partial charge >= 0.3 is 0 Å². The van der Waals surface area contributed by atoms with Crippen molar-refractivity contribution in [2.45, 2.75) is 5.75 Å². The minimum atomic E-state index is -0.152. The molecular formula is C9H12FS+. The Balaban J connectivity index is 2.66. The molecule has 0 bridgehead atoms. The Hall–Kier alpha value is -0.500. The molecule has 0 N–H and O–H groups in total. The van der Waals surface area contributed by atoms with E-state index >= 15 is 0 Å². The van der Waals surface area contributed by atoms with Gasteiger partial charge in [-0.3, -0.25) is 0 Å². The highest BCUT2D eigenvalue weighted by Gasteiger charge is 2.03. The van der Waals surface area contributed by atoms with Gasteiger partial charge in [-0.25, -0.2) is 4.39 Å². The molecule has 0 radical (unpaired) electrons. The monoisotopic (exact) mass is 171 g/mol. The second-order valence-corrected chi connectivity index (χ2v) is 5.02. The zero-order valence-corrected chi connectivity index (χ0v) is 7.62. The SMILES string of the molecule is C[S+](C)Cc1ccc(F)cc1. The highest BCUT2D eigenvalue weighted by Crippen LogP contribution is 2.06. The maximum atomic E-state index is 12.4. The summed E-state index contributed by atoms with van der Waals surface area (Å²) in [6.07, 6.45) is 4.37. The summed E-state index contributed by atoms with van der Waals surface area (Å²) < 4.78 is 12.4. The summed E-state index contributed by atoms with van der Waals surface area (Å²) in [5.74, 6) is 0.904. The van der Waals surface area contributed by atoms with Crippen molar-refractivity contribution >= 4 is 10.9 Å². The fourth-order valence-corrected chi connectivity index (χ4v) is 1.77. The second kappa shape index (κ2) is 3.77. The first-order valence-electron chi connectivity index (χ1n) is 3.47. The van der Waals surface area contributed by atoms with E-state index in [1.54, 1.807) is 0 Å². The molecule has 60 valence electrons. The molecule has 1 rings (SSSR count). The van der Waals surface area contributed by atoms with Gasteiger partial charge in [0.2, 0.25) is 0 Å². The largest absolute Gasteiger partial charge is 0.207 e. The Bertz CT molecular complexity index is 216. The lowest BCUT2D eigenvalue weighted by Crippen LogP contribution is -1.98. The van der Waals surface area contributed by atoms with Gasteiger partial charge in [0.25, 0.3) is 0 Å². The van der Waals surface area contributed by atoms with E-state index < -0.39 is 0 Å². The van der Waals surface area contributed by atoms with E-state index in [0.29, 0.717) is 10.9 Å². The molecule has 2 heteroatoms. The van der Waals surface area contributed by atoms with Gasteiger partial charge in [-0.15, -0.1) is 0 Å². The van der Waals surface area contributed by atoms with Crippen molar-refractivity contribution in [3.05, 3.63) is 35.6 Å². The van der Waals surface area contributed by atoms with Crippen LogP contribution in [0.2, 0.25) is 0 Å². The lowest BCUT2D eigenvalue weighted by molar-refractivity contribution is 0.627. The summed E-state index contributed by atoms with van der Waals surface area (Å²) in [5, 5.41) is 0. The van der Waals surface area contributed by atoms with Crippen LogP contribution < -0.4 is 0 Å². The maximum absolute atomic E-state index is 12.4. The summed E-state index contributed by atoms with van der Waals surface area (Å²) in [7, 11) is 0.404. The number of rotatable bonds is 2. The van der Waals surface area contributed by atoms with Crippen molar-refractivity contribution in [3.8, 4) is 0 Å². The van der Waals surface area contributed by atoms with E-state index in [4.69, 9.17) is 0 Å². The van der Waals surface area contributed by atoms with Crippen LogP contribution in [0.4, 0.5) is 4.39 Å². The molecule has 0 fully saturated rings. The molecule has 0 aliphatic heterocycles. The number of hydrogen-bond donors (Lipinski definition) is 0. The summed E-state index contributed by atoms with van der Waals surface area (Å²) in [6, 6.07) is 6.73. The maximum Gasteiger partial charge on any atom is 0.132 e. The normalized spacial score (nSPS) is 10.5. The van der Waals surface area contributed by atoms with Gasteiger partial charge in [0.05, 0.1) is 12.5 Å². The van der Waals surface area contributed by atoms with Gasteiger partial charge in [0.15, 0.2) is 0 Å². The van der Waals surface area contributed by atoms with Crippen molar-refractivity contribution in [1.29, 1.82) is 0 Å². The molecule has 0 nitrogen and oxygen atoms in total. The molecular weight excluding hydrogens is 159 g/mol. The fourth-order valence-electron chi connectivity index (χ4n) is 0.914. The van der Waals surface area contributed by atoms with Crippen LogP contribution in [0.15, 0.2) is 24.3 Å². The second-order valence-electron chi connectivity index (χ2n) is 2.76. The molecule has 1 aromatic carbocycles. The van der Waals surface area contributed by atoms with E-state index in [-0.39, 0.29) is 5.82 Å². The molecule has 0 unspecified atom stereocenters. The molecule has 0 saturated carbocycles. The van der Waals surface area contributed by atoms with Gasteiger partial charge in [0, 0.05) is 5.56 Å². The predicted molar refractivity (Wildman–Crippen MR) is 49.3 cm³/mol. The lowest BCUT2D eigenvalue weighted by Gasteiger charge is -1.96. The summed E-state index contributed by atoms with van der Waals surface area (Å²) in [5.41, 5.74) is 1.22. The first-order valence-corrected chi connectivity index (χ1v) is 5.68. The van der Waals surface area contributed by atoms with Gasteiger partial charge in [-0.1, -0.05) is 12.1 Å². The predicted octanol–water partition coefficient (Wildman–Crippen LogP) is 2.20. The third-order valence-electron chi connectivity index (χ3n) is 1.37. The van der Waals surface area contributed by atoms with E-state index in [9.17, 15) is 4.39 Å². The van der Waals surface area contributed by atoms with Crippen LogP contribution in [-0.2, 0) is 16.6 Å². The molecule has 1 aromatic rings.